The highest BCUT2D eigenvalue weighted by Crippen LogP contribution is 2.34. The van der Waals surface area contributed by atoms with Crippen LogP contribution in [-0.2, 0) is 24.2 Å². The van der Waals surface area contributed by atoms with Crippen molar-refractivity contribution in [3.63, 3.8) is 0 Å². The van der Waals surface area contributed by atoms with E-state index in [1.807, 2.05) is 12.1 Å². The summed E-state index contributed by atoms with van der Waals surface area (Å²) in [5.41, 5.74) is 2.55. The fraction of sp³-hybridized carbons (Fsp3) is 0.360. The number of ketones is 1. The lowest BCUT2D eigenvalue weighted by molar-refractivity contribution is -0.117. The van der Waals surface area contributed by atoms with Crippen LogP contribution in [0.1, 0.15) is 46.5 Å². The van der Waals surface area contributed by atoms with Gasteiger partial charge in [0.15, 0.2) is 10.9 Å². The summed E-state index contributed by atoms with van der Waals surface area (Å²) in [4.78, 5) is 46.7. The predicted octanol–water partition coefficient (Wildman–Crippen LogP) is 4.62. The highest BCUT2D eigenvalue weighted by atomic mass is 32.2. The summed E-state index contributed by atoms with van der Waals surface area (Å²) in [5.74, 6) is 0.271. The van der Waals surface area contributed by atoms with Gasteiger partial charge < -0.3 is 4.90 Å². The summed E-state index contributed by atoms with van der Waals surface area (Å²) in [6.07, 6.45) is 7.35. The van der Waals surface area contributed by atoms with E-state index in [0.29, 0.717) is 23.7 Å². The Hall–Kier alpha value is -2.71. The van der Waals surface area contributed by atoms with Gasteiger partial charge in [0, 0.05) is 35.6 Å². The molecule has 170 valence electrons. The second-order valence-electron chi connectivity index (χ2n) is 8.40. The number of nitrogens with zero attached hydrogens (tertiary/aromatic N) is 3. The molecule has 1 aliphatic carbocycles. The first-order chi connectivity index (χ1) is 16.1. The average Bonchev–Trinajstić information content (AvgIpc) is 3.43. The van der Waals surface area contributed by atoms with Crippen LogP contribution in [0.2, 0.25) is 0 Å². The maximum absolute atomic E-state index is 13.3. The number of hydrogen-bond donors (Lipinski definition) is 0. The molecule has 1 aliphatic heterocycles. The highest BCUT2D eigenvalue weighted by molar-refractivity contribution is 7.99. The fourth-order valence-electron chi connectivity index (χ4n) is 4.58. The number of carbonyl (C=O) groups excluding carboxylic acids is 2. The number of fused-ring (bicyclic) bond motifs is 3. The van der Waals surface area contributed by atoms with Gasteiger partial charge in [0.25, 0.3) is 5.56 Å². The van der Waals surface area contributed by atoms with Crippen LogP contribution in [0.3, 0.4) is 0 Å². The van der Waals surface area contributed by atoms with Crippen LogP contribution in [0.25, 0.3) is 10.2 Å². The van der Waals surface area contributed by atoms with Gasteiger partial charge in [0.05, 0.1) is 11.1 Å². The molecule has 2 aliphatic rings. The van der Waals surface area contributed by atoms with E-state index < -0.39 is 0 Å². The van der Waals surface area contributed by atoms with Crippen LogP contribution in [0, 0.1) is 0 Å². The lowest BCUT2D eigenvalue weighted by atomic mass is 9.97. The molecule has 5 rings (SSSR count). The van der Waals surface area contributed by atoms with E-state index in [-0.39, 0.29) is 23.0 Å². The largest absolute Gasteiger partial charge is 0.312 e. The predicted molar refractivity (Wildman–Crippen MR) is 134 cm³/mol. The molecule has 8 heteroatoms. The molecule has 3 aromatic rings. The zero-order chi connectivity index (χ0) is 22.9. The molecule has 1 aromatic carbocycles. The molecule has 0 unspecified atom stereocenters. The third kappa shape index (κ3) is 4.17. The number of benzene rings is 1. The Morgan fingerprint density at radius 3 is 2.64 bits per heavy atom. The third-order valence-electron chi connectivity index (χ3n) is 6.26. The number of aromatic nitrogens is 2. The molecule has 1 saturated heterocycles. The van der Waals surface area contributed by atoms with Crippen molar-refractivity contribution < 1.29 is 9.59 Å². The van der Waals surface area contributed by atoms with Crippen LogP contribution in [-0.4, -0.2) is 33.5 Å². The van der Waals surface area contributed by atoms with Crippen LogP contribution in [0.5, 0.6) is 0 Å². The van der Waals surface area contributed by atoms with Crippen molar-refractivity contribution in [3.05, 3.63) is 63.3 Å². The molecule has 6 nitrogen and oxygen atoms in total. The Bertz CT molecular complexity index is 1310. The molecule has 0 bridgehead atoms. The Balaban J connectivity index is 1.38. The molecule has 2 aromatic heterocycles. The first-order valence-electron chi connectivity index (χ1n) is 11.3. The van der Waals surface area contributed by atoms with Crippen molar-refractivity contribution in [2.75, 3.05) is 17.2 Å². The zero-order valence-electron chi connectivity index (χ0n) is 18.3. The molecule has 1 fully saturated rings. The highest BCUT2D eigenvalue weighted by Gasteiger charge is 2.23. The second-order valence-corrected chi connectivity index (χ2v) is 10.4. The number of aryl methyl sites for hydroxylation is 2. The Morgan fingerprint density at radius 1 is 1.12 bits per heavy atom. The number of Topliss-reactive ketones (excluding diaryl/α,β-unsaturated/α-hetero) is 1. The SMILES string of the molecule is C=CCn1c(SCC(=O)c2ccc(N3CCCC3=O)cc2)nc2sc3c(c2c1=O)CCCC3. The van der Waals surface area contributed by atoms with E-state index in [2.05, 4.69) is 6.58 Å². The lowest BCUT2D eigenvalue weighted by Gasteiger charge is -2.15. The number of allylic oxidation sites excluding steroid dienone is 1. The minimum atomic E-state index is -0.0377. The minimum absolute atomic E-state index is 0.0334. The molecular formula is C25H25N3O3S2. The molecule has 0 radical (unpaired) electrons. The van der Waals surface area contributed by atoms with Crippen molar-refractivity contribution in [2.45, 2.75) is 50.2 Å². The van der Waals surface area contributed by atoms with E-state index in [1.165, 1.54) is 22.2 Å². The van der Waals surface area contributed by atoms with Crippen LogP contribution >= 0.6 is 23.1 Å². The first-order valence-corrected chi connectivity index (χ1v) is 13.1. The Kier molecular flexibility index (Phi) is 6.21. The number of rotatable bonds is 7. The van der Waals surface area contributed by atoms with Gasteiger partial charge >= 0.3 is 0 Å². The molecule has 3 heterocycles. The Labute approximate surface area is 200 Å². The summed E-state index contributed by atoms with van der Waals surface area (Å²) < 4.78 is 1.64. The summed E-state index contributed by atoms with van der Waals surface area (Å²) in [5, 5.41) is 1.30. The second kappa shape index (κ2) is 9.27. The fourth-order valence-corrected chi connectivity index (χ4v) is 6.79. The molecule has 1 amide bonds. The third-order valence-corrected chi connectivity index (χ3v) is 8.42. The van der Waals surface area contributed by atoms with E-state index in [9.17, 15) is 14.4 Å². The average molecular weight is 480 g/mol. The lowest BCUT2D eigenvalue weighted by Crippen LogP contribution is -2.24. The van der Waals surface area contributed by atoms with E-state index in [4.69, 9.17) is 4.98 Å². The van der Waals surface area contributed by atoms with Crippen LogP contribution in [0.15, 0.2) is 46.9 Å². The molecule has 33 heavy (non-hydrogen) atoms. The zero-order valence-corrected chi connectivity index (χ0v) is 20.0. The summed E-state index contributed by atoms with van der Waals surface area (Å²) in [7, 11) is 0. The molecular weight excluding hydrogens is 454 g/mol. The van der Waals surface area contributed by atoms with Gasteiger partial charge in [-0.05, 0) is 61.9 Å². The van der Waals surface area contributed by atoms with Gasteiger partial charge in [-0.15, -0.1) is 17.9 Å². The van der Waals surface area contributed by atoms with Crippen molar-refractivity contribution in [1.29, 1.82) is 0 Å². The molecule has 0 N–H and O–H groups in total. The monoisotopic (exact) mass is 479 g/mol. The maximum atomic E-state index is 13.3. The van der Waals surface area contributed by atoms with Gasteiger partial charge in [-0.3, -0.25) is 19.0 Å². The maximum Gasteiger partial charge on any atom is 0.263 e. The van der Waals surface area contributed by atoms with E-state index >= 15 is 0 Å². The van der Waals surface area contributed by atoms with Gasteiger partial charge in [0.2, 0.25) is 5.91 Å². The van der Waals surface area contributed by atoms with E-state index in [1.54, 1.807) is 39.0 Å². The number of carbonyl (C=O) groups is 2. The van der Waals surface area contributed by atoms with Gasteiger partial charge in [-0.25, -0.2) is 4.98 Å². The van der Waals surface area contributed by atoms with Crippen LogP contribution < -0.4 is 10.5 Å². The van der Waals surface area contributed by atoms with Crippen molar-refractivity contribution in [2.24, 2.45) is 0 Å². The van der Waals surface area contributed by atoms with Gasteiger partial charge in [0.1, 0.15) is 4.83 Å². The van der Waals surface area contributed by atoms with Gasteiger partial charge in [-0.1, -0.05) is 17.8 Å². The van der Waals surface area contributed by atoms with E-state index in [0.717, 1.165) is 54.6 Å². The number of anilines is 1. The number of amides is 1. The summed E-state index contributed by atoms with van der Waals surface area (Å²) >= 11 is 2.91. The topological polar surface area (TPSA) is 72.3 Å². The standard InChI is InChI=1S/C25H25N3O3S2/c1-2-13-28-24(31)22-18-6-3-4-7-20(18)33-23(22)26-25(28)32-15-19(29)16-9-11-17(12-10-16)27-14-5-8-21(27)30/h2,9-12H,1,3-8,13-15H2. The quantitative estimate of drug-likeness (QED) is 0.214. The minimum Gasteiger partial charge on any atom is -0.312 e. The first kappa shape index (κ1) is 22.1. The number of hydrogen-bond acceptors (Lipinski definition) is 6. The van der Waals surface area contributed by atoms with Crippen molar-refractivity contribution in [1.82, 2.24) is 9.55 Å². The van der Waals surface area contributed by atoms with Crippen molar-refractivity contribution >= 4 is 50.7 Å². The molecule has 0 saturated carbocycles. The van der Waals surface area contributed by atoms with Crippen LogP contribution in [0.4, 0.5) is 5.69 Å². The molecule has 0 spiro atoms. The number of thiophene rings is 1. The summed E-state index contributed by atoms with van der Waals surface area (Å²) in [6, 6.07) is 7.19. The normalized spacial score (nSPS) is 15.8. The summed E-state index contributed by atoms with van der Waals surface area (Å²) in [6.45, 7) is 4.88. The smallest absolute Gasteiger partial charge is 0.263 e. The number of thioether (sulfide) groups is 1. The van der Waals surface area contributed by atoms with Gasteiger partial charge in [-0.2, -0.15) is 0 Å². The molecule has 0 atom stereocenters. The van der Waals surface area contributed by atoms with Crippen molar-refractivity contribution in [3.8, 4) is 0 Å². The Morgan fingerprint density at radius 2 is 1.91 bits per heavy atom.